The van der Waals surface area contributed by atoms with Crippen LogP contribution < -0.4 is 5.32 Å². The summed E-state index contributed by atoms with van der Waals surface area (Å²) in [7, 11) is 0. The number of hydrogen-bond donors (Lipinski definition) is 2. The van der Waals surface area contributed by atoms with Gasteiger partial charge in [0.05, 0.1) is 13.2 Å². The maximum absolute atomic E-state index is 11.0. The smallest absolute Gasteiger partial charge is 0.313 e. The first kappa shape index (κ1) is 8.01. The second-order valence-electron chi connectivity index (χ2n) is 3.59. The molecule has 2 heterocycles. The van der Waals surface area contributed by atoms with Crippen molar-refractivity contribution < 1.29 is 14.6 Å². The van der Waals surface area contributed by atoms with E-state index >= 15 is 0 Å². The number of carboxylic acids is 1. The summed E-state index contributed by atoms with van der Waals surface area (Å²) in [6.45, 7) is 1.84. The molecule has 2 N–H and O–H groups in total. The van der Waals surface area contributed by atoms with Gasteiger partial charge in [0.15, 0.2) is 0 Å². The van der Waals surface area contributed by atoms with E-state index in [2.05, 4.69) is 5.32 Å². The SMILES string of the molecule is O=C(O)[C@@]12CCCN[C@@H]1COC2. The summed E-state index contributed by atoms with van der Waals surface area (Å²) >= 11 is 0. The average molecular weight is 171 g/mol. The number of rotatable bonds is 1. The van der Waals surface area contributed by atoms with Crippen LogP contribution in [0.2, 0.25) is 0 Å². The van der Waals surface area contributed by atoms with E-state index in [1.807, 2.05) is 0 Å². The van der Waals surface area contributed by atoms with Crippen LogP contribution in [0, 0.1) is 5.41 Å². The first-order chi connectivity index (χ1) is 5.76. The third-order valence-electron chi connectivity index (χ3n) is 2.93. The molecule has 4 nitrogen and oxygen atoms in total. The zero-order valence-corrected chi connectivity index (χ0v) is 6.88. The Labute approximate surface area is 70.9 Å². The summed E-state index contributed by atoms with van der Waals surface area (Å²) in [5.41, 5.74) is -0.627. The monoisotopic (exact) mass is 171 g/mol. The lowest BCUT2D eigenvalue weighted by atomic mass is 9.76. The second kappa shape index (κ2) is 2.71. The number of fused-ring (bicyclic) bond motifs is 1. The quantitative estimate of drug-likeness (QED) is 0.575. The highest BCUT2D eigenvalue weighted by atomic mass is 16.5. The van der Waals surface area contributed by atoms with Crippen LogP contribution in [0.25, 0.3) is 0 Å². The topological polar surface area (TPSA) is 58.6 Å². The van der Waals surface area contributed by atoms with Gasteiger partial charge in [0, 0.05) is 6.04 Å². The average Bonchev–Trinajstić information content (AvgIpc) is 2.48. The van der Waals surface area contributed by atoms with Crippen molar-refractivity contribution in [1.82, 2.24) is 5.32 Å². The Morgan fingerprint density at radius 1 is 1.67 bits per heavy atom. The third kappa shape index (κ3) is 0.949. The van der Waals surface area contributed by atoms with Crippen molar-refractivity contribution in [3.05, 3.63) is 0 Å². The summed E-state index contributed by atoms with van der Waals surface area (Å²) in [6, 6.07) is 0.0312. The van der Waals surface area contributed by atoms with Crippen molar-refractivity contribution in [2.75, 3.05) is 19.8 Å². The number of hydrogen-bond acceptors (Lipinski definition) is 3. The fraction of sp³-hybridized carbons (Fsp3) is 0.875. The molecule has 0 spiro atoms. The molecule has 4 heteroatoms. The second-order valence-corrected chi connectivity index (χ2v) is 3.59. The molecule has 0 bridgehead atoms. The summed E-state index contributed by atoms with van der Waals surface area (Å²) < 4.78 is 5.21. The van der Waals surface area contributed by atoms with Crippen LogP contribution in [0.4, 0.5) is 0 Å². The van der Waals surface area contributed by atoms with Crippen LogP contribution in [0.15, 0.2) is 0 Å². The molecule has 2 saturated heterocycles. The van der Waals surface area contributed by atoms with Crippen molar-refractivity contribution in [3.63, 3.8) is 0 Å². The fourth-order valence-electron chi connectivity index (χ4n) is 2.12. The van der Waals surface area contributed by atoms with Gasteiger partial charge in [-0.1, -0.05) is 0 Å². The Hall–Kier alpha value is -0.610. The molecule has 0 aromatic rings. The normalized spacial score (nSPS) is 40.8. The number of nitrogens with one attached hydrogen (secondary N) is 1. The van der Waals surface area contributed by atoms with Gasteiger partial charge in [-0.3, -0.25) is 4.79 Å². The molecule has 2 fully saturated rings. The van der Waals surface area contributed by atoms with Crippen LogP contribution in [0.5, 0.6) is 0 Å². The molecule has 0 unspecified atom stereocenters. The zero-order chi connectivity index (χ0) is 8.60. The molecular formula is C8H13NO3. The first-order valence-corrected chi connectivity index (χ1v) is 4.30. The van der Waals surface area contributed by atoms with Gasteiger partial charge >= 0.3 is 5.97 Å². The summed E-state index contributed by atoms with van der Waals surface area (Å²) in [5.74, 6) is -0.711. The van der Waals surface area contributed by atoms with E-state index in [0.717, 1.165) is 19.4 Å². The van der Waals surface area contributed by atoms with Gasteiger partial charge < -0.3 is 15.2 Å². The van der Waals surface area contributed by atoms with E-state index < -0.39 is 11.4 Å². The fourth-order valence-corrected chi connectivity index (χ4v) is 2.12. The minimum atomic E-state index is -0.711. The molecule has 0 amide bonds. The van der Waals surface area contributed by atoms with E-state index in [1.54, 1.807) is 0 Å². The van der Waals surface area contributed by atoms with E-state index in [0.29, 0.717) is 13.2 Å². The highest BCUT2D eigenvalue weighted by Gasteiger charge is 2.51. The molecule has 0 aromatic carbocycles. The Morgan fingerprint density at radius 2 is 2.50 bits per heavy atom. The Morgan fingerprint density at radius 3 is 3.17 bits per heavy atom. The Bertz CT molecular complexity index is 206. The van der Waals surface area contributed by atoms with Crippen LogP contribution in [-0.4, -0.2) is 36.9 Å². The van der Waals surface area contributed by atoms with Gasteiger partial charge in [-0.05, 0) is 19.4 Å². The molecule has 12 heavy (non-hydrogen) atoms. The molecule has 2 aliphatic heterocycles. The third-order valence-corrected chi connectivity index (χ3v) is 2.93. The number of aliphatic carboxylic acids is 1. The molecule has 68 valence electrons. The Kier molecular flexibility index (Phi) is 1.81. The summed E-state index contributed by atoms with van der Waals surface area (Å²) in [5, 5.41) is 12.3. The van der Waals surface area contributed by atoms with Gasteiger partial charge in [0.25, 0.3) is 0 Å². The largest absolute Gasteiger partial charge is 0.481 e. The van der Waals surface area contributed by atoms with Crippen molar-refractivity contribution in [2.24, 2.45) is 5.41 Å². The molecule has 2 rings (SSSR count). The van der Waals surface area contributed by atoms with Crippen LogP contribution >= 0.6 is 0 Å². The lowest BCUT2D eigenvalue weighted by molar-refractivity contribution is -0.151. The van der Waals surface area contributed by atoms with Gasteiger partial charge in [-0.2, -0.15) is 0 Å². The van der Waals surface area contributed by atoms with Crippen molar-refractivity contribution in [2.45, 2.75) is 18.9 Å². The molecule has 2 aliphatic rings. The lowest BCUT2D eigenvalue weighted by Crippen LogP contribution is -2.53. The molecule has 2 atom stereocenters. The van der Waals surface area contributed by atoms with Crippen molar-refractivity contribution >= 4 is 5.97 Å². The van der Waals surface area contributed by atoms with Crippen LogP contribution in [0.3, 0.4) is 0 Å². The van der Waals surface area contributed by atoms with E-state index in [4.69, 9.17) is 9.84 Å². The molecule has 0 saturated carbocycles. The first-order valence-electron chi connectivity index (χ1n) is 4.30. The maximum Gasteiger partial charge on any atom is 0.313 e. The maximum atomic E-state index is 11.0. The minimum absolute atomic E-state index is 0.0312. The molecular weight excluding hydrogens is 158 g/mol. The van der Waals surface area contributed by atoms with Gasteiger partial charge in [-0.25, -0.2) is 0 Å². The van der Waals surface area contributed by atoms with Gasteiger partial charge in [-0.15, -0.1) is 0 Å². The number of piperidine rings is 1. The van der Waals surface area contributed by atoms with Crippen LogP contribution in [0.1, 0.15) is 12.8 Å². The standard InChI is InChI=1S/C8H13NO3/c10-7(11)8-2-1-3-9-6(8)4-12-5-8/h6,9H,1-5H2,(H,10,11)/t6-,8-/m1/s1. The van der Waals surface area contributed by atoms with Crippen LogP contribution in [-0.2, 0) is 9.53 Å². The van der Waals surface area contributed by atoms with Gasteiger partial charge in [0.2, 0.25) is 0 Å². The molecule has 0 aromatic heterocycles. The van der Waals surface area contributed by atoms with E-state index in [-0.39, 0.29) is 6.04 Å². The minimum Gasteiger partial charge on any atom is -0.481 e. The highest BCUT2D eigenvalue weighted by molar-refractivity contribution is 5.76. The number of carboxylic acid groups (broad SMARTS) is 1. The molecule has 0 radical (unpaired) electrons. The summed E-state index contributed by atoms with van der Waals surface area (Å²) in [6.07, 6.45) is 1.69. The summed E-state index contributed by atoms with van der Waals surface area (Å²) in [4.78, 5) is 11.0. The highest BCUT2D eigenvalue weighted by Crippen LogP contribution is 2.36. The number of carbonyl (C=O) groups is 1. The Balaban J connectivity index is 2.23. The predicted octanol–water partition coefficient (Wildman–Crippen LogP) is -0.160. The molecule has 0 aliphatic carbocycles. The van der Waals surface area contributed by atoms with E-state index in [9.17, 15) is 4.79 Å². The predicted molar refractivity (Wildman–Crippen MR) is 41.9 cm³/mol. The van der Waals surface area contributed by atoms with E-state index in [1.165, 1.54) is 0 Å². The lowest BCUT2D eigenvalue weighted by Gasteiger charge is -2.34. The van der Waals surface area contributed by atoms with Crippen molar-refractivity contribution in [1.29, 1.82) is 0 Å². The van der Waals surface area contributed by atoms with Crippen molar-refractivity contribution in [3.8, 4) is 0 Å². The zero-order valence-electron chi connectivity index (χ0n) is 6.88. The van der Waals surface area contributed by atoms with Gasteiger partial charge in [0.1, 0.15) is 5.41 Å². The number of ether oxygens (including phenoxy) is 1.